The first-order valence-electron chi connectivity index (χ1n) is 6.28. The van der Waals surface area contributed by atoms with E-state index in [0.29, 0.717) is 0 Å². The second-order valence-corrected chi connectivity index (χ2v) is 5.60. The van der Waals surface area contributed by atoms with Crippen molar-refractivity contribution in [3.05, 3.63) is 33.5 Å². The van der Waals surface area contributed by atoms with Gasteiger partial charge in [0.2, 0.25) is 0 Å². The number of hydrogen-bond donors (Lipinski definition) is 1. The minimum Gasteiger partial charge on any atom is -0.311 e. The van der Waals surface area contributed by atoms with Crippen LogP contribution in [0.25, 0.3) is 0 Å². The van der Waals surface area contributed by atoms with Crippen LogP contribution >= 0.6 is 11.3 Å². The summed E-state index contributed by atoms with van der Waals surface area (Å²) < 4.78 is 2.07. The molecule has 0 saturated carbocycles. The predicted molar refractivity (Wildman–Crippen MR) is 74.9 cm³/mol. The Bertz CT molecular complexity index is 501. The van der Waals surface area contributed by atoms with Crippen LogP contribution < -0.4 is 5.32 Å². The van der Waals surface area contributed by atoms with Crippen molar-refractivity contribution < 1.29 is 0 Å². The molecule has 18 heavy (non-hydrogen) atoms. The molecule has 2 heterocycles. The minimum atomic E-state index is 0.863. The zero-order valence-electron chi connectivity index (χ0n) is 11.2. The second-order valence-electron chi connectivity index (χ2n) is 4.54. The van der Waals surface area contributed by atoms with Gasteiger partial charge in [0.25, 0.3) is 0 Å². The number of thiazole rings is 1. The summed E-state index contributed by atoms with van der Waals surface area (Å²) in [5, 5.41) is 11.1. The molecular weight excluding hydrogens is 244 g/mol. The zero-order chi connectivity index (χ0) is 13.0. The number of rotatable bonds is 6. The van der Waals surface area contributed by atoms with Crippen molar-refractivity contribution in [1.82, 2.24) is 20.1 Å². The Kier molecular flexibility index (Phi) is 4.49. The monoisotopic (exact) mass is 264 g/mol. The Morgan fingerprint density at radius 1 is 1.33 bits per heavy atom. The van der Waals surface area contributed by atoms with Gasteiger partial charge in [-0.15, -0.1) is 11.3 Å². The normalized spacial score (nSPS) is 11.1. The predicted octanol–water partition coefficient (Wildman–Crippen LogP) is 2.44. The summed E-state index contributed by atoms with van der Waals surface area (Å²) in [6.07, 6.45) is 1.09. The summed E-state index contributed by atoms with van der Waals surface area (Å²) >= 11 is 1.70. The third kappa shape index (κ3) is 3.65. The van der Waals surface area contributed by atoms with E-state index >= 15 is 0 Å². The summed E-state index contributed by atoms with van der Waals surface area (Å²) in [6, 6.07) is 2.12. The van der Waals surface area contributed by atoms with Crippen molar-refractivity contribution in [3.63, 3.8) is 0 Å². The number of nitrogens with one attached hydrogen (secondary N) is 1. The standard InChI is InChI=1S/C13H20N4S/c1-10-7-11(2)17(16-10)6-4-5-14-8-13-9-18-12(3)15-13/h7,9,14H,4-6,8H2,1-3H3. The van der Waals surface area contributed by atoms with Gasteiger partial charge in [0, 0.05) is 24.2 Å². The Balaban J connectivity index is 1.66. The Labute approximate surface area is 112 Å². The molecule has 1 N–H and O–H groups in total. The van der Waals surface area contributed by atoms with Gasteiger partial charge in [-0.05, 0) is 39.8 Å². The summed E-state index contributed by atoms with van der Waals surface area (Å²) in [5.41, 5.74) is 3.48. The zero-order valence-corrected chi connectivity index (χ0v) is 12.0. The summed E-state index contributed by atoms with van der Waals surface area (Å²) in [6.45, 7) is 9.01. The molecule has 0 aliphatic rings. The molecule has 0 bridgehead atoms. The molecule has 0 spiro atoms. The SMILES string of the molecule is Cc1cc(C)n(CCCNCc2csc(C)n2)n1. The molecule has 0 amide bonds. The van der Waals surface area contributed by atoms with E-state index in [9.17, 15) is 0 Å². The number of aromatic nitrogens is 3. The van der Waals surface area contributed by atoms with E-state index in [1.807, 2.05) is 13.8 Å². The average molecular weight is 264 g/mol. The maximum atomic E-state index is 4.45. The van der Waals surface area contributed by atoms with Crippen molar-refractivity contribution in [2.24, 2.45) is 0 Å². The molecule has 0 radical (unpaired) electrons. The highest BCUT2D eigenvalue weighted by Crippen LogP contribution is 2.07. The van der Waals surface area contributed by atoms with Gasteiger partial charge < -0.3 is 5.32 Å². The number of aryl methyl sites for hydroxylation is 4. The Morgan fingerprint density at radius 3 is 2.78 bits per heavy atom. The fourth-order valence-corrected chi connectivity index (χ4v) is 2.57. The molecule has 0 unspecified atom stereocenters. The van der Waals surface area contributed by atoms with Gasteiger partial charge in [-0.1, -0.05) is 0 Å². The second kappa shape index (κ2) is 6.11. The van der Waals surface area contributed by atoms with Crippen LogP contribution in [0.1, 0.15) is 28.5 Å². The molecule has 2 aromatic heterocycles. The van der Waals surface area contributed by atoms with Crippen LogP contribution in [0.3, 0.4) is 0 Å². The van der Waals surface area contributed by atoms with Crippen LogP contribution in [-0.2, 0) is 13.1 Å². The Morgan fingerprint density at radius 2 is 2.17 bits per heavy atom. The molecule has 4 nitrogen and oxygen atoms in total. The highest BCUT2D eigenvalue weighted by Gasteiger charge is 2.00. The van der Waals surface area contributed by atoms with Crippen LogP contribution in [-0.4, -0.2) is 21.3 Å². The smallest absolute Gasteiger partial charge is 0.0897 e. The van der Waals surface area contributed by atoms with Gasteiger partial charge in [-0.2, -0.15) is 5.10 Å². The molecule has 0 saturated heterocycles. The first-order valence-corrected chi connectivity index (χ1v) is 7.16. The lowest BCUT2D eigenvalue weighted by Gasteiger charge is -2.05. The third-order valence-electron chi connectivity index (χ3n) is 2.80. The van der Waals surface area contributed by atoms with Gasteiger partial charge in [0.15, 0.2) is 0 Å². The molecule has 98 valence electrons. The summed E-state index contributed by atoms with van der Waals surface area (Å²) in [7, 11) is 0. The minimum absolute atomic E-state index is 0.863. The molecule has 2 rings (SSSR count). The molecule has 0 aliphatic carbocycles. The summed E-state index contributed by atoms with van der Waals surface area (Å²) in [4.78, 5) is 4.42. The van der Waals surface area contributed by atoms with E-state index in [1.54, 1.807) is 11.3 Å². The van der Waals surface area contributed by atoms with Crippen LogP contribution in [0, 0.1) is 20.8 Å². The van der Waals surface area contributed by atoms with Gasteiger partial charge in [-0.3, -0.25) is 4.68 Å². The van der Waals surface area contributed by atoms with Crippen molar-refractivity contribution >= 4 is 11.3 Å². The highest BCUT2D eigenvalue weighted by atomic mass is 32.1. The van der Waals surface area contributed by atoms with Crippen LogP contribution in [0.15, 0.2) is 11.4 Å². The maximum Gasteiger partial charge on any atom is 0.0897 e. The summed E-state index contributed by atoms with van der Waals surface area (Å²) in [5.74, 6) is 0. The Hall–Kier alpha value is -1.20. The van der Waals surface area contributed by atoms with Crippen molar-refractivity contribution in [2.75, 3.05) is 6.54 Å². The van der Waals surface area contributed by atoms with Gasteiger partial charge in [0.05, 0.1) is 16.4 Å². The van der Waals surface area contributed by atoms with Crippen LogP contribution in [0.2, 0.25) is 0 Å². The van der Waals surface area contributed by atoms with E-state index in [1.165, 1.54) is 5.69 Å². The fraction of sp³-hybridized carbons (Fsp3) is 0.538. The molecule has 0 atom stereocenters. The van der Waals surface area contributed by atoms with Crippen molar-refractivity contribution in [1.29, 1.82) is 0 Å². The lowest BCUT2D eigenvalue weighted by atomic mass is 10.3. The molecule has 0 aromatic carbocycles. The molecule has 0 aliphatic heterocycles. The molecule has 5 heteroatoms. The van der Waals surface area contributed by atoms with Crippen molar-refractivity contribution in [2.45, 2.75) is 40.3 Å². The topological polar surface area (TPSA) is 42.7 Å². The largest absolute Gasteiger partial charge is 0.311 e. The van der Waals surface area contributed by atoms with Crippen molar-refractivity contribution in [3.8, 4) is 0 Å². The van der Waals surface area contributed by atoms with Crippen LogP contribution in [0.4, 0.5) is 0 Å². The van der Waals surface area contributed by atoms with E-state index in [2.05, 4.69) is 38.5 Å². The third-order valence-corrected chi connectivity index (χ3v) is 3.62. The van der Waals surface area contributed by atoms with E-state index in [0.717, 1.165) is 42.5 Å². The molecular formula is C13H20N4S. The highest BCUT2D eigenvalue weighted by molar-refractivity contribution is 7.09. The van der Waals surface area contributed by atoms with Gasteiger partial charge in [-0.25, -0.2) is 4.98 Å². The lowest BCUT2D eigenvalue weighted by Crippen LogP contribution is -2.17. The van der Waals surface area contributed by atoms with Crippen LogP contribution in [0.5, 0.6) is 0 Å². The molecule has 0 fully saturated rings. The van der Waals surface area contributed by atoms with E-state index in [-0.39, 0.29) is 0 Å². The lowest BCUT2D eigenvalue weighted by molar-refractivity contribution is 0.530. The molecule has 2 aromatic rings. The number of nitrogens with zero attached hydrogens (tertiary/aromatic N) is 3. The first-order chi connectivity index (χ1) is 8.65. The van der Waals surface area contributed by atoms with Gasteiger partial charge in [0.1, 0.15) is 0 Å². The average Bonchev–Trinajstić information content (AvgIpc) is 2.85. The van der Waals surface area contributed by atoms with E-state index in [4.69, 9.17) is 0 Å². The van der Waals surface area contributed by atoms with E-state index < -0.39 is 0 Å². The van der Waals surface area contributed by atoms with Gasteiger partial charge >= 0.3 is 0 Å². The first kappa shape index (κ1) is 13.2. The fourth-order valence-electron chi connectivity index (χ4n) is 1.96. The number of hydrogen-bond acceptors (Lipinski definition) is 4. The quantitative estimate of drug-likeness (QED) is 0.815. The maximum absolute atomic E-state index is 4.45.